The number of halogens is 1. The van der Waals surface area contributed by atoms with E-state index in [0.717, 1.165) is 12.5 Å². The van der Waals surface area contributed by atoms with Crippen molar-refractivity contribution in [2.24, 2.45) is 0 Å². The zero-order valence-electron chi connectivity index (χ0n) is 9.58. The van der Waals surface area contributed by atoms with Gasteiger partial charge in [0.2, 0.25) is 0 Å². The first-order valence-electron chi connectivity index (χ1n) is 5.07. The van der Waals surface area contributed by atoms with Gasteiger partial charge in [0.1, 0.15) is 5.60 Å². The third kappa shape index (κ3) is 2.95. The molecule has 1 N–H and O–H groups in total. The standard InChI is InChI=1S/C12H15FO3/c1-4-12(2,3)16-10-6-5-8(11(14)15)7-9(10)13/h5-7H,4H2,1-3H3,(H,14,15). The van der Waals surface area contributed by atoms with E-state index in [-0.39, 0.29) is 11.3 Å². The number of aromatic carboxylic acids is 1. The van der Waals surface area contributed by atoms with Crippen molar-refractivity contribution in [3.05, 3.63) is 29.6 Å². The van der Waals surface area contributed by atoms with Crippen molar-refractivity contribution in [3.63, 3.8) is 0 Å². The molecule has 0 aliphatic rings. The molecule has 4 heteroatoms. The molecule has 0 fully saturated rings. The van der Waals surface area contributed by atoms with Gasteiger partial charge in [-0.25, -0.2) is 9.18 Å². The van der Waals surface area contributed by atoms with Crippen LogP contribution in [0.4, 0.5) is 4.39 Å². The first-order valence-corrected chi connectivity index (χ1v) is 5.07. The fraction of sp³-hybridized carbons (Fsp3) is 0.417. The highest BCUT2D eigenvalue weighted by Crippen LogP contribution is 2.24. The summed E-state index contributed by atoms with van der Waals surface area (Å²) in [6, 6.07) is 3.63. The molecule has 0 aliphatic carbocycles. The number of hydrogen-bond donors (Lipinski definition) is 1. The average molecular weight is 226 g/mol. The number of carboxylic acid groups (broad SMARTS) is 1. The van der Waals surface area contributed by atoms with Crippen LogP contribution in [0, 0.1) is 5.82 Å². The van der Waals surface area contributed by atoms with Gasteiger partial charge in [0.15, 0.2) is 11.6 Å². The predicted octanol–water partition coefficient (Wildman–Crippen LogP) is 3.09. The highest BCUT2D eigenvalue weighted by Gasteiger charge is 2.19. The van der Waals surface area contributed by atoms with Gasteiger partial charge >= 0.3 is 5.97 Å². The van der Waals surface area contributed by atoms with Crippen molar-refractivity contribution in [2.75, 3.05) is 0 Å². The Bertz CT molecular complexity index is 399. The Morgan fingerprint density at radius 3 is 2.56 bits per heavy atom. The number of ether oxygens (including phenoxy) is 1. The Balaban J connectivity index is 2.96. The summed E-state index contributed by atoms with van der Waals surface area (Å²) < 4.78 is 18.9. The maximum atomic E-state index is 13.5. The maximum absolute atomic E-state index is 13.5. The van der Waals surface area contributed by atoms with Crippen LogP contribution in [-0.2, 0) is 0 Å². The van der Waals surface area contributed by atoms with E-state index >= 15 is 0 Å². The topological polar surface area (TPSA) is 46.5 Å². The third-order valence-corrected chi connectivity index (χ3v) is 2.42. The van der Waals surface area contributed by atoms with Gasteiger partial charge in [0.05, 0.1) is 5.56 Å². The van der Waals surface area contributed by atoms with Gasteiger partial charge in [0, 0.05) is 0 Å². The lowest BCUT2D eigenvalue weighted by atomic mass is 10.1. The van der Waals surface area contributed by atoms with Crippen molar-refractivity contribution in [2.45, 2.75) is 32.8 Å². The molecule has 88 valence electrons. The molecule has 0 spiro atoms. The molecule has 0 saturated carbocycles. The van der Waals surface area contributed by atoms with Gasteiger partial charge in [-0.1, -0.05) is 6.92 Å². The van der Waals surface area contributed by atoms with Crippen molar-refractivity contribution >= 4 is 5.97 Å². The van der Waals surface area contributed by atoms with Crippen LogP contribution >= 0.6 is 0 Å². The lowest BCUT2D eigenvalue weighted by molar-refractivity contribution is 0.0696. The van der Waals surface area contributed by atoms with Gasteiger partial charge in [-0.15, -0.1) is 0 Å². The van der Waals surface area contributed by atoms with E-state index < -0.39 is 17.4 Å². The van der Waals surface area contributed by atoms with Crippen LogP contribution in [0.15, 0.2) is 18.2 Å². The second-order valence-electron chi connectivity index (χ2n) is 4.17. The molecule has 0 heterocycles. The molecule has 3 nitrogen and oxygen atoms in total. The fourth-order valence-corrected chi connectivity index (χ4v) is 1.09. The van der Waals surface area contributed by atoms with E-state index in [1.807, 2.05) is 20.8 Å². The molecule has 16 heavy (non-hydrogen) atoms. The predicted molar refractivity (Wildman–Crippen MR) is 58.4 cm³/mol. The Morgan fingerprint density at radius 1 is 1.50 bits per heavy atom. The maximum Gasteiger partial charge on any atom is 0.335 e. The number of carboxylic acids is 1. The van der Waals surface area contributed by atoms with Crippen LogP contribution < -0.4 is 4.74 Å². The van der Waals surface area contributed by atoms with Gasteiger partial charge < -0.3 is 9.84 Å². The third-order valence-electron chi connectivity index (χ3n) is 2.42. The molecule has 0 radical (unpaired) electrons. The summed E-state index contributed by atoms with van der Waals surface area (Å²) in [4.78, 5) is 10.6. The van der Waals surface area contributed by atoms with E-state index in [0.29, 0.717) is 0 Å². The van der Waals surface area contributed by atoms with Crippen molar-refractivity contribution in [1.82, 2.24) is 0 Å². The Hall–Kier alpha value is -1.58. The summed E-state index contributed by atoms with van der Waals surface area (Å²) in [5.74, 6) is -1.72. The van der Waals surface area contributed by atoms with Gasteiger partial charge in [-0.05, 0) is 38.5 Å². The molecule has 0 unspecified atom stereocenters. The quantitative estimate of drug-likeness (QED) is 0.858. The van der Waals surface area contributed by atoms with Crippen LogP contribution in [0.1, 0.15) is 37.6 Å². The monoisotopic (exact) mass is 226 g/mol. The largest absolute Gasteiger partial charge is 0.485 e. The lowest BCUT2D eigenvalue weighted by Crippen LogP contribution is -2.27. The second kappa shape index (κ2) is 4.51. The summed E-state index contributed by atoms with van der Waals surface area (Å²) in [5.41, 5.74) is -0.551. The molecule has 0 bridgehead atoms. The highest BCUT2D eigenvalue weighted by atomic mass is 19.1. The number of benzene rings is 1. The van der Waals surface area contributed by atoms with E-state index in [2.05, 4.69) is 0 Å². The minimum atomic E-state index is -1.15. The molecule has 0 amide bonds. The van der Waals surface area contributed by atoms with E-state index in [1.165, 1.54) is 12.1 Å². The lowest BCUT2D eigenvalue weighted by Gasteiger charge is -2.25. The Kier molecular flexibility index (Phi) is 3.52. The van der Waals surface area contributed by atoms with E-state index in [4.69, 9.17) is 9.84 Å². The zero-order valence-corrected chi connectivity index (χ0v) is 9.58. The van der Waals surface area contributed by atoms with Crippen LogP contribution in [0.25, 0.3) is 0 Å². The van der Waals surface area contributed by atoms with Crippen LogP contribution in [0.5, 0.6) is 5.75 Å². The van der Waals surface area contributed by atoms with Crippen LogP contribution in [-0.4, -0.2) is 16.7 Å². The minimum Gasteiger partial charge on any atom is -0.485 e. The van der Waals surface area contributed by atoms with Gasteiger partial charge in [0.25, 0.3) is 0 Å². The molecule has 0 saturated heterocycles. The zero-order chi connectivity index (χ0) is 12.3. The van der Waals surface area contributed by atoms with Gasteiger partial charge in [-0.2, -0.15) is 0 Å². The molecule has 0 aromatic heterocycles. The fourth-order valence-electron chi connectivity index (χ4n) is 1.09. The minimum absolute atomic E-state index is 0.0804. The molecule has 0 atom stereocenters. The SMILES string of the molecule is CCC(C)(C)Oc1ccc(C(=O)O)cc1F. The van der Waals surface area contributed by atoms with E-state index in [1.54, 1.807) is 0 Å². The summed E-state index contributed by atoms with van der Waals surface area (Å²) >= 11 is 0. The Morgan fingerprint density at radius 2 is 2.12 bits per heavy atom. The smallest absolute Gasteiger partial charge is 0.335 e. The average Bonchev–Trinajstić information content (AvgIpc) is 2.20. The number of hydrogen-bond acceptors (Lipinski definition) is 2. The molecule has 1 rings (SSSR count). The van der Waals surface area contributed by atoms with E-state index in [9.17, 15) is 9.18 Å². The number of carbonyl (C=O) groups is 1. The first-order chi connectivity index (χ1) is 7.35. The molecule has 1 aromatic rings. The normalized spacial score (nSPS) is 11.2. The summed E-state index contributed by atoms with van der Waals surface area (Å²) in [6.45, 7) is 5.62. The summed E-state index contributed by atoms with van der Waals surface area (Å²) in [6.07, 6.45) is 0.729. The molecule has 1 aromatic carbocycles. The van der Waals surface area contributed by atoms with Crippen LogP contribution in [0.3, 0.4) is 0 Å². The first kappa shape index (κ1) is 12.5. The van der Waals surface area contributed by atoms with Crippen molar-refractivity contribution in [3.8, 4) is 5.75 Å². The highest BCUT2D eigenvalue weighted by molar-refractivity contribution is 5.87. The second-order valence-corrected chi connectivity index (χ2v) is 4.17. The van der Waals surface area contributed by atoms with Gasteiger partial charge in [-0.3, -0.25) is 0 Å². The summed E-state index contributed by atoms with van der Waals surface area (Å²) in [5, 5.41) is 8.67. The van der Waals surface area contributed by atoms with Crippen LogP contribution in [0.2, 0.25) is 0 Å². The van der Waals surface area contributed by atoms with Crippen molar-refractivity contribution < 1.29 is 19.0 Å². The summed E-state index contributed by atoms with van der Waals surface area (Å²) in [7, 11) is 0. The van der Waals surface area contributed by atoms with Crippen molar-refractivity contribution in [1.29, 1.82) is 0 Å². The number of rotatable bonds is 4. The molecule has 0 aliphatic heterocycles. The molecular weight excluding hydrogens is 211 g/mol. The molecular formula is C12H15FO3. The Labute approximate surface area is 93.9 Å².